The first kappa shape index (κ1) is 20.8. The summed E-state index contributed by atoms with van der Waals surface area (Å²) < 4.78 is 0. The van der Waals surface area contributed by atoms with Gasteiger partial charge in [0.15, 0.2) is 0 Å². The molecule has 6 heterocycles. The fourth-order valence-corrected chi connectivity index (χ4v) is 6.32. The molecule has 0 aromatic heterocycles. The Balaban J connectivity index is 1.16. The highest BCUT2D eigenvalue weighted by molar-refractivity contribution is 6.23. The van der Waals surface area contributed by atoms with Crippen LogP contribution in [0.2, 0.25) is 0 Å². The average molecular weight is 452 g/mol. The Labute approximate surface area is 192 Å². The van der Waals surface area contributed by atoms with Crippen molar-refractivity contribution in [3.8, 4) is 0 Å². The van der Waals surface area contributed by atoms with Gasteiger partial charge in [-0.3, -0.25) is 34.3 Å². The van der Waals surface area contributed by atoms with E-state index in [4.69, 9.17) is 0 Å². The second-order valence-corrected chi connectivity index (χ2v) is 10.0. The average Bonchev–Trinajstić information content (AvgIpc) is 3.04. The maximum atomic E-state index is 13.1. The summed E-state index contributed by atoms with van der Waals surface area (Å²) in [6.07, 6.45) is 3.96. The molecule has 2 bridgehead atoms. The van der Waals surface area contributed by atoms with Crippen LogP contribution in [0.25, 0.3) is 0 Å². The number of hydrogen-bond donors (Lipinski definition) is 2. The molecule has 9 nitrogen and oxygen atoms in total. The zero-order valence-electron chi connectivity index (χ0n) is 18.6. The highest BCUT2D eigenvalue weighted by Gasteiger charge is 2.47. The first-order chi connectivity index (χ1) is 16.0. The third-order valence-corrected chi connectivity index (χ3v) is 7.97. The molecule has 6 aliphatic rings. The summed E-state index contributed by atoms with van der Waals surface area (Å²) in [5.41, 5.74) is 1.67. The lowest BCUT2D eigenvalue weighted by Gasteiger charge is -2.58. The number of imide groups is 2. The Morgan fingerprint density at radius 1 is 0.909 bits per heavy atom. The summed E-state index contributed by atoms with van der Waals surface area (Å²) in [7, 11) is 0. The van der Waals surface area contributed by atoms with E-state index in [1.54, 1.807) is 6.07 Å². The normalized spacial score (nSPS) is 30.4. The lowest BCUT2D eigenvalue weighted by molar-refractivity contribution is -0.136. The number of amides is 4. The second kappa shape index (κ2) is 7.92. The van der Waals surface area contributed by atoms with E-state index in [0.29, 0.717) is 23.2 Å². The van der Waals surface area contributed by atoms with E-state index in [0.717, 1.165) is 49.1 Å². The number of rotatable bonds is 4. The number of nitrogens with zero attached hydrogens (tertiary/aromatic N) is 3. The monoisotopic (exact) mass is 451 g/mol. The van der Waals surface area contributed by atoms with Gasteiger partial charge in [-0.05, 0) is 62.9 Å². The minimum absolute atomic E-state index is 0.125. The molecule has 1 aromatic rings. The van der Waals surface area contributed by atoms with Crippen LogP contribution in [0.1, 0.15) is 52.8 Å². The summed E-state index contributed by atoms with van der Waals surface area (Å²) in [5, 5.41) is 5.68. The first-order valence-electron chi connectivity index (χ1n) is 12.1. The van der Waals surface area contributed by atoms with E-state index < -0.39 is 23.8 Å². The zero-order chi connectivity index (χ0) is 22.7. The van der Waals surface area contributed by atoms with Crippen molar-refractivity contribution < 1.29 is 19.2 Å². The van der Waals surface area contributed by atoms with Gasteiger partial charge in [0.25, 0.3) is 11.8 Å². The molecule has 6 aliphatic heterocycles. The molecule has 3 atom stereocenters. The van der Waals surface area contributed by atoms with Crippen LogP contribution in [0.5, 0.6) is 0 Å². The molecule has 1 aromatic carbocycles. The maximum Gasteiger partial charge on any atom is 0.262 e. The van der Waals surface area contributed by atoms with Gasteiger partial charge >= 0.3 is 0 Å². The quantitative estimate of drug-likeness (QED) is 0.637. The number of piperidine rings is 3. The van der Waals surface area contributed by atoms with Crippen LogP contribution in [0.4, 0.5) is 5.69 Å². The van der Waals surface area contributed by atoms with Gasteiger partial charge in [0.05, 0.1) is 11.1 Å². The van der Waals surface area contributed by atoms with E-state index in [9.17, 15) is 19.2 Å². The molecule has 0 aliphatic carbocycles. The molecule has 0 radical (unpaired) electrons. The molecular weight excluding hydrogens is 422 g/mol. The Bertz CT molecular complexity index is 1020. The van der Waals surface area contributed by atoms with Gasteiger partial charge in [-0.1, -0.05) is 0 Å². The smallest absolute Gasteiger partial charge is 0.262 e. The minimum Gasteiger partial charge on any atom is -0.363 e. The van der Waals surface area contributed by atoms with Crippen molar-refractivity contribution >= 4 is 29.3 Å². The van der Waals surface area contributed by atoms with Gasteiger partial charge in [-0.25, -0.2) is 0 Å². The zero-order valence-corrected chi connectivity index (χ0v) is 18.6. The van der Waals surface area contributed by atoms with Crippen molar-refractivity contribution in [2.75, 3.05) is 37.6 Å². The molecule has 4 amide bonds. The maximum absolute atomic E-state index is 13.1. The lowest BCUT2D eigenvalue weighted by atomic mass is 9.85. The third kappa shape index (κ3) is 3.45. The van der Waals surface area contributed by atoms with Crippen molar-refractivity contribution in [3.05, 3.63) is 29.3 Å². The van der Waals surface area contributed by atoms with Gasteiger partial charge in [-0.15, -0.1) is 0 Å². The fourth-order valence-electron chi connectivity index (χ4n) is 6.32. The summed E-state index contributed by atoms with van der Waals surface area (Å²) >= 11 is 0. The van der Waals surface area contributed by atoms with Crippen LogP contribution in [-0.4, -0.2) is 84.3 Å². The predicted molar refractivity (Wildman–Crippen MR) is 120 cm³/mol. The summed E-state index contributed by atoms with van der Waals surface area (Å²) in [6.45, 7) is 5.48. The van der Waals surface area contributed by atoms with Crippen LogP contribution in [0, 0.1) is 5.92 Å². The summed E-state index contributed by atoms with van der Waals surface area (Å²) in [4.78, 5) is 55.9. The van der Waals surface area contributed by atoms with Crippen LogP contribution in [0.3, 0.4) is 0 Å². The number of piperazine rings is 1. The molecule has 3 unspecified atom stereocenters. The van der Waals surface area contributed by atoms with Crippen molar-refractivity contribution in [2.45, 2.75) is 50.2 Å². The molecule has 174 valence electrons. The molecule has 5 saturated heterocycles. The number of anilines is 1. The number of carbonyl (C=O) groups is 4. The van der Waals surface area contributed by atoms with Gasteiger partial charge in [0, 0.05) is 43.8 Å². The first-order valence-corrected chi connectivity index (χ1v) is 12.1. The topological polar surface area (TPSA) is 102 Å². The SMILES string of the molecule is O=C1CCC(N2C(=O)c3ccc(N4C5CC4CN(CC4CCNCC4)C5)cc3C2=O)C(=O)N1. The minimum atomic E-state index is -0.925. The highest BCUT2D eigenvalue weighted by Crippen LogP contribution is 2.39. The van der Waals surface area contributed by atoms with Crippen molar-refractivity contribution in [3.63, 3.8) is 0 Å². The van der Waals surface area contributed by atoms with Crippen LogP contribution >= 0.6 is 0 Å². The molecule has 33 heavy (non-hydrogen) atoms. The molecular formula is C24H29N5O4. The van der Waals surface area contributed by atoms with Gasteiger partial charge in [0.1, 0.15) is 6.04 Å². The van der Waals surface area contributed by atoms with E-state index in [2.05, 4.69) is 20.4 Å². The standard InChI is InChI=1S/C24H29N5O4/c30-21-4-3-20(22(31)26-21)29-23(32)18-2-1-15(10-19(18)24(29)33)28-16-9-17(28)13-27(12-16)11-14-5-7-25-8-6-14/h1-2,10,14,16-17,20,25H,3-9,11-13H2,(H,26,30,31). The van der Waals surface area contributed by atoms with Crippen molar-refractivity contribution in [1.82, 2.24) is 20.4 Å². The van der Waals surface area contributed by atoms with E-state index >= 15 is 0 Å². The Kier molecular flexibility index (Phi) is 4.99. The molecule has 9 heteroatoms. The van der Waals surface area contributed by atoms with Gasteiger partial charge in [-0.2, -0.15) is 0 Å². The lowest BCUT2D eigenvalue weighted by Crippen LogP contribution is -2.69. The molecule has 2 N–H and O–H groups in total. The molecule has 5 fully saturated rings. The van der Waals surface area contributed by atoms with Crippen LogP contribution in [-0.2, 0) is 9.59 Å². The largest absolute Gasteiger partial charge is 0.363 e. The molecule has 7 rings (SSSR count). The predicted octanol–water partition coefficient (Wildman–Crippen LogP) is 0.350. The fraction of sp³-hybridized carbons (Fsp3) is 0.583. The van der Waals surface area contributed by atoms with Crippen molar-refractivity contribution in [2.24, 2.45) is 5.92 Å². The van der Waals surface area contributed by atoms with E-state index in [-0.39, 0.29) is 18.7 Å². The summed E-state index contributed by atoms with van der Waals surface area (Å²) in [6, 6.07) is 5.41. The van der Waals surface area contributed by atoms with Gasteiger partial charge < -0.3 is 10.2 Å². The highest BCUT2D eigenvalue weighted by atomic mass is 16.2. The molecule has 0 saturated carbocycles. The number of fused-ring (bicyclic) bond motifs is 3. The van der Waals surface area contributed by atoms with E-state index in [1.807, 2.05) is 12.1 Å². The third-order valence-electron chi connectivity index (χ3n) is 7.97. The number of benzene rings is 1. The van der Waals surface area contributed by atoms with Crippen LogP contribution < -0.4 is 15.5 Å². The van der Waals surface area contributed by atoms with Gasteiger partial charge in [0.2, 0.25) is 11.8 Å². The number of nitrogens with one attached hydrogen (secondary N) is 2. The Hall–Kier alpha value is -2.78. The van der Waals surface area contributed by atoms with E-state index in [1.165, 1.54) is 19.4 Å². The van der Waals surface area contributed by atoms with Crippen molar-refractivity contribution in [1.29, 1.82) is 0 Å². The Morgan fingerprint density at radius 3 is 2.36 bits per heavy atom. The second-order valence-electron chi connectivity index (χ2n) is 10.0. The summed E-state index contributed by atoms with van der Waals surface area (Å²) in [5.74, 6) is -1.06. The van der Waals surface area contributed by atoms with Crippen LogP contribution in [0.15, 0.2) is 18.2 Å². The number of carbonyl (C=O) groups excluding carboxylic acids is 4. The Morgan fingerprint density at radius 2 is 1.64 bits per heavy atom. The molecule has 0 spiro atoms. The number of hydrogen-bond acceptors (Lipinski definition) is 7.